The second-order valence-corrected chi connectivity index (χ2v) is 3.74. The molecular formula is C13H12F2N2O. The number of rotatable bonds is 3. The molecule has 1 aromatic carbocycles. The zero-order valence-electron chi connectivity index (χ0n) is 9.78. The molecule has 2 N–H and O–H groups in total. The summed E-state index contributed by atoms with van der Waals surface area (Å²) in [6.07, 6.45) is 1.49. The van der Waals surface area contributed by atoms with Crippen molar-refractivity contribution in [3.8, 4) is 17.0 Å². The van der Waals surface area contributed by atoms with E-state index in [9.17, 15) is 8.78 Å². The Morgan fingerprint density at radius 3 is 2.39 bits per heavy atom. The van der Waals surface area contributed by atoms with E-state index in [0.29, 0.717) is 17.0 Å². The lowest BCUT2D eigenvalue weighted by Crippen LogP contribution is -2.01. The van der Waals surface area contributed by atoms with Crippen LogP contribution in [0.15, 0.2) is 30.5 Å². The number of nitrogens with zero attached hydrogens (tertiary/aromatic N) is 1. The molecule has 0 radical (unpaired) electrons. The molecule has 0 aliphatic carbocycles. The SMILES string of the molecule is COc1cnc(-c2cc(F)cc(F)c2)cc1CN. The van der Waals surface area contributed by atoms with E-state index in [1.807, 2.05) is 0 Å². The van der Waals surface area contributed by atoms with Crippen LogP contribution in [0.5, 0.6) is 5.75 Å². The van der Waals surface area contributed by atoms with Gasteiger partial charge in [-0.05, 0) is 18.2 Å². The summed E-state index contributed by atoms with van der Waals surface area (Å²) < 4.78 is 31.3. The van der Waals surface area contributed by atoms with Crippen LogP contribution < -0.4 is 10.5 Å². The number of hydrogen-bond donors (Lipinski definition) is 1. The van der Waals surface area contributed by atoms with E-state index in [0.717, 1.165) is 11.6 Å². The summed E-state index contributed by atoms with van der Waals surface area (Å²) in [4.78, 5) is 4.10. The molecule has 18 heavy (non-hydrogen) atoms. The highest BCUT2D eigenvalue weighted by molar-refractivity contribution is 5.61. The molecule has 3 nitrogen and oxygen atoms in total. The highest BCUT2D eigenvalue weighted by atomic mass is 19.1. The number of benzene rings is 1. The molecule has 5 heteroatoms. The Morgan fingerprint density at radius 1 is 1.17 bits per heavy atom. The number of aromatic nitrogens is 1. The summed E-state index contributed by atoms with van der Waals surface area (Å²) in [6, 6.07) is 4.92. The van der Waals surface area contributed by atoms with Crippen LogP contribution in [0.3, 0.4) is 0 Å². The molecule has 0 aliphatic heterocycles. The summed E-state index contributed by atoms with van der Waals surface area (Å²) in [7, 11) is 1.51. The Labute approximate surface area is 103 Å². The molecule has 0 fully saturated rings. The smallest absolute Gasteiger partial charge is 0.141 e. The number of nitrogens with two attached hydrogens (primary N) is 1. The van der Waals surface area contributed by atoms with Gasteiger partial charge in [-0.15, -0.1) is 0 Å². The third kappa shape index (κ3) is 2.46. The average Bonchev–Trinajstić information content (AvgIpc) is 2.36. The van der Waals surface area contributed by atoms with Crippen LogP contribution in [0.4, 0.5) is 8.78 Å². The first-order valence-corrected chi connectivity index (χ1v) is 5.33. The van der Waals surface area contributed by atoms with Gasteiger partial charge in [0.2, 0.25) is 0 Å². The molecule has 0 saturated heterocycles. The molecule has 0 saturated carbocycles. The lowest BCUT2D eigenvalue weighted by atomic mass is 10.1. The summed E-state index contributed by atoms with van der Waals surface area (Å²) in [5.41, 5.74) is 7.12. The van der Waals surface area contributed by atoms with Gasteiger partial charge in [-0.3, -0.25) is 4.98 Å². The van der Waals surface area contributed by atoms with E-state index in [1.165, 1.54) is 25.4 Å². The molecule has 0 bridgehead atoms. The number of methoxy groups -OCH3 is 1. The van der Waals surface area contributed by atoms with Gasteiger partial charge in [0, 0.05) is 23.7 Å². The largest absolute Gasteiger partial charge is 0.495 e. The molecule has 0 amide bonds. The Kier molecular flexibility index (Phi) is 3.53. The fourth-order valence-electron chi connectivity index (χ4n) is 1.69. The van der Waals surface area contributed by atoms with E-state index < -0.39 is 11.6 Å². The second kappa shape index (κ2) is 5.10. The van der Waals surface area contributed by atoms with Gasteiger partial charge in [-0.2, -0.15) is 0 Å². The lowest BCUT2D eigenvalue weighted by molar-refractivity contribution is 0.408. The molecule has 94 valence electrons. The minimum Gasteiger partial charge on any atom is -0.495 e. The van der Waals surface area contributed by atoms with Crippen molar-refractivity contribution >= 4 is 0 Å². The van der Waals surface area contributed by atoms with Crippen LogP contribution in [0.25, 0.3) is 11.3 Å². The monoisotopic (exact) mass is 250 g/mol. The molecule has 0 spiro atoms. The van der Waals surface area contributed by atoms with E-state index in [2.05, 4.69) is 4.98 Å². The standard InChI is InChI=1S/C13H12F2N2O/c1-18-13-7-17-12(4-9(13)6-16)8-2-10(14)5-11(15)3-8/h2-5,7H,6,16H2,1H3. The van der Waals surface area contributed by atoms with Crippen molar-refractivity contribution < 1.29 is 13.5 Å². The predicted molar refractivity (Wildman–Crippen MR) is 64.0 cm³/mol. The van der Waals surface area contributed by atoms with Gasteiger partial charge in [-0.25, -0.2) is 8.78 Å². The quantitative estimate of drug-likeness (QED) is 0.910. The number of ether oxygens (including phenoxy) is 1. The third-order valence-electron chi connectivity index (χ3n) is 2.55. The molecule has 2 aromatic rings. The number of halogens is 2. The number of pyridine rings is 1. The molecule has 2 rings (SSSR count). The van der Waals surface area contributed by atoms with Crippen LogP contribution in [0.2, 0.25) is 0 Å². The van der Waals surface area contributed by atoms with Crippen molar-refractivity contribution in [1.29, 1.82) is 0 Å². The summed E-state index contributed by atoms with van der Waals surface area (Å²) in [6.45, 7) is 0.260. The van der Waals surface area contributed by atoms with Crippen LogP contribution in [0, 0.1) is 11.6 Å². The zero-order chi connectivity index (χ0) is 13.1. The van der Waals surface area contributed by atoms with Gasteiger partial charge >= 0.3 is 0 Å². The van der Waals surface area contributed by atoms with Crippen molar-refractivity contribution in [2.75, 3.05) is 7.11 Å². The van der Waals surface area contributed by atoms with Gasteiger partial charge < -0.3 is 10.5 Å². The topological polar surface area (TPSA) is 48.1 Å². The van der Waals surface area contributed by atoms with Crippen LogP contribution in [0.1, 0.15) is 5.56 Å². The first-order valence-electron chi connectivity index (χ1n) is 5.33. The fraction of sp³-hybridized carbons (Fsp3) is 0.154. The Balaban J connectivity index is 2.50. The summed E-state index contributed by atoms with van der Waals surface area (Å²) in [5, 5.41) is 0. The fourth-order valence-corrected chi connectivity index (χ4v) is 1.69. The Hall–Kier alpha value is -2.01. The normalized spacial score (nSPS) is 10.4. The van der Waals surface area contributed by atoms with Crippen molar-refractivity contribution in [1.82, 2.24) is 4.98 Å². The van der Waals surface area contributed by atoms with Crippen molar-refractivity contribution in [2.45, 2.75) is 6.54 Å². The highest BCUT2D eigenvalue weighted by Crippen LogP contribution is 2.25. The maximum absolute atomic E-state index is 13.1. The second-order valence-electron chi connectivity index (χ2n) is 3.74. The van der Waals surface area contributed by atoms with Crippen LogP contribution in [-0.4, -0.2) is 12.1 Å². The minimum absolute atomic E-state index is 0.260. The van der Waals surface area contributed by atoms with E-state index in [-0.39, 0.29) is 6.54 Å². The number of hydrogen-bond acceptors (Lipinski definition) is 3. The predicted octanol–water partition coefficient (Wildman–Crippen LogP) is 2.49. The third-order valence-corrected chi connectivity index (χ3v) is 2.55. The Morgan fingerprint density at radius 2 is 1.83 bits per heavy atom. The first-order chi connectivity index (χ1) is 8.63. The van der Waals surface area contributed by atoms with Gasteiger partial charge in [0.25, 0.3) is 0 Å². The van der Waals surface area contributed by atoms with Crippen molar-refractivity contribution in [2.24, 2.45) is 5.73 Å². The lowest BCUT2D eigenvalue weighted by Gasteiger charge is -2.08. The average molecular weight is 250 g/mol. The van der Waals surface area contributed by atoms with Crippen molar-refractivity contribution in [3.05, 3.63) is 47.7 Å². The van der Waals surface area contributed by atoms with Crippen molar-refractivity contribution in [3.63, 3.8) is 0 Å². The van der Waals surface area contributed by atoms with Crippen LogP contribution in [-0.2, 0) is 6.54 Å². The molecule has 1 aromatic heterocycles. The van der Waals surface area contributed by atoms with E-state index >= 15 is 0 Å². The highest BCUT2D eigenvalue weighted by Gasteiger charge is 2.08. The van der Waals surface area contributed by atoms with E-state index in [4.69, 9.17) is 10.5 Å². The van der Waals surface area contributed by atoms with E-state index in [1.54, 1.807) is 6.07 Å². The molecular weight excluding hydrogens is 238 g/mol. The summed E-state index contributed by atoms with van der Waals surface area (Å²) in [5.74, 6) is -0.730. The summed E-state index contributed by atoms with van der Waals surface area (Å²) >= 11 is 0. The first kappa shape index (κ1) is 12.4. The molecule has 0 unspecified atom stereocenters. The van der Waals surface area contributed by atoms with Gasteiger partial charge in [-0.1, -0.05) is 0 Å². The molecule has 0 atom stereocenters. The zero-order valence-corrected chi connectivity index (χ0v) is 9.78. The molecule has 1 heterocycles. The van der Waals surface area contributed by atoms with Gasteiger partial charge in [0.05, 0.1) is 19.0 Å². The Bertz CT molecular complexity index is 553. The van der Waals surface area contributed by atoms with Crippen LogP contribution >= 0.6 is 0 Å². The van der Waals surface area contributed by atoms with Gasteiger partial charge in [0.1, 0.15) is 17.4 Å². The maximum Gasteiger partial charge on any atom is 0.141 e. The van der Waals surface area contributed by atoms with Gasteiger partial charge in [0.15, 0.2) is 0 Å². The maximum atomic E-state index is 13.1. The molecule has 0 aliphatic rings. The minimum atomic E-state index is -0.642.